The SMILES string of the molecule is O=C(NC1CC1)c1cc(F)c(Cl)nc1Cl. The van der Waals surface area contributed by atoms with Crippen LogP contribution in [0.4, 0.5) is 4.39 Å². The lowest BCUT2D eigenvalue weighted by Gasteiger charge is -2.05. The molecule has 3 nitrogen and oxygen atoms in total. The van der Waals surface area contributed by atoms with Crippen molar-refractivity contribution in [3.8, 4) is 0 Å². The van der Waals surface area contributed by atoms with Crippen LogP contribution in [0.25, 0.3) is 0 Å². The minimum atomic E-state index is -0.748. The van der Waals surface area contributed by atoms with Crippen LogP contribution in [0.3, 0.4) is 0 Å². The zero-order valence-corrected chi connectivity index (χ0v) is 9.07. The number of carbonyl (C=O) groups is 1. The first kappa shape index (κ1) is 10.6. The second kappa shape index (κ2) is 3.94. The first-order valence-electron chi connectivity index (χ1n) is 4.40. The van der Waals surface area contributed by atoms with E-state index in [2.05, 4.69) is 10.3 Å². The summed E-state index contributed by atoms with van der Waals surface area (Å²) < 4.78 is 13.0. The van der Waals surface area contributed by atoms with Crippen LogP contribution in [0.5, 0.6) is 0 Å². The van der Waals surface area contributed by atoms with E-state index in [-0.39, 0.29) is 21.9 Å². The fourth-order valence-electron chi connectivity index (χ4n) is 1.10. The molecule has 0 radical (unpaired) electrons. The van der Waals surface area contributed by atoms with Crippen molar-refractivity contribution in [3.05, 3.63) is 27.8 Å². The highest BCUT2D eigenvalue weighted by Gasteiger charge is 2.25. The summed E-state index contributed by atoms with van der Waals surface area (Å²) in [6.45, 7) is 0. The number of pyridine rings is 1. The first-order chi connectivity index (χ1) is 7.08. The Morgan fingerprint density at radius 2 is 2.13 bits per heavy atom. The van der Waals surface area contributed by atoms with E-state index in [9.17, 15) is 9.18 Å². The number of aromatic nitrogens is 1. The standard InChI is InChI=1S/C9H7Cl2FN2O/c10-7-5(3-6(12)8(11)14-7)9(15)13-4-1-2-4/h3-4H,1-2H2,(H,13,15). The average molecular weight is 249 g/mol. The van der Waals surface area contributed by atoms with Gasteiger partial charge in [0.1, 0.15) is 5.15 Å². The Morgan fingerprint density at radius 1 is 1.47 bits per heavy atom. The lowest BCUT2D eigenvalue weighted by Crippen LogP contribution is -2.26. The normalized spacial score (nSPS) is 15.1. The Hall–Kier alpha value is -0.870. The van der Waals surface area contributed by atoms with E-state index in [1.54, 1.807) is 0 Å². The molecule has 1 saturated carbocycles. The minimum Gasteiger partial charge on any atom is -0.349 e. The first-order valence-corrected chi connectivity index (χ1v) is 5.16. The lowest BCUT2D eigenvalue weighted by molar-refractivity contribution is 0.0950. The molecule has 1 heterocycles. The summed E-state index contributed by atoms with van der Waals surface area (Å²) in [6, 6.07) is 1.18. The van der Waals surface area contributed by atoms with Gasteiger partial charge in [-0.1, -0.05) is 23.2 Å². The third kappa shape index (κ3) is 2.38. The van der Waals surface area contributed by atoms with Gasteiger partial charge in [-0.15, -0.1) is 0 Å². The van der Waals surface area contributed by atoms with Crippen molar-refractivity contribution in [1.82, 2.24) is 10.3 Å². The van der Waals surface area contributed by atoms with E-state index >= 15 is 0 Å². The number of amides is 1. The summed E-state index contributed by atoms with van der Waals surface area (Å²) in [6.07, 6.45) is 1.90. The molecule has 1 fully saturated rings. The molecule has 0 unspecified atom stereocenters. The summed E-state index contributed by atoms with van der Waals surface area (Å²) in [5.41, 5.74) is 0.0190. The number of hydrogen-bond donors (Lipinski definition) is 1. The Bertz CT molecular complexity index is 421. The van der Waals surface area contributed by atoms with Gasteiger partial charge in [-0.05, 0) is 18.9 Å². The summed E-state index contributed by atoms with van der Waals surface area (Å²) in [7, 11) is 0. The number of hydrogen-bond acceptors (Lipinski definition) is 2. The highest BCUT2D eigenvalue weighted by Crippen LogP contribution is 2.23. The highest BCUT2D eigenvalue weighted by atomic mass is 35.5. The van der Waals surface area contributed by atoms with Gasteiger partial charge in [0.05, 0.1) is 5.56 Å². The van der Waals surface area contributed by atoms with Crippen molar-refractivity contribution in [2.45, 2.75) is 18.9 Å². The number of nitrogens with zero attached hydrogens (tertiary/aromatic N) is 1. The van der Waals surface area contributed by atoms with Crippen LogP contribution < -0.4 is 5.32 Å². The molecular formula is C9H7Cl2FN2O. The lowest BCUT2D eigenvalue weighted by atomic mass is 10.2. The molecule has 1 aromatic heterocycles. The topological polar surface area (TPSA) is 42.0 Å². The van der Waals surface area contributed by atoms with Gasteiger partial charge in [0, 0.05) is 6.04 Å². The van der Waals surface area contributed by atoms with E-state index in [1.165, 1.54) is 0 Å². The van der Waals surface area contributed by atoms with E-state index < -0.39 is 11.7 Å². The van der Waals surface area contributed by atoms with Crippen molar-refractivity contribution in [2.75, 3.05) is 0 Å². The summed E-state index contributed by atoms with van der Waals surface area (Å²) >= 11 is 11.1. The third-order valence-corrected chi connectivity index (χ3v) is 2.60. The second-order valence-corrected chi connectivity index (χ2v) is 4.06. The predicted molar refractivity (Wildman–Crippen MR) is 54.7 cm³/mol. The van der Waals surface area contributed by atoms with Crippen LogP contribution in [0.2, 0.25) is 10.3 Å². The van der Waals surface area contributed by atoms with Gasteiger partial charge in [0.25, 0.3) is 5.91 Å². The predicted octanol–water partition coefficient (Wildman–Crippen LogP) is 2.42. The maximum Gasteiger partial charge on any atom is 0.254 e. The summed E-state index contributed by atoms with van der Waals surface area (Å²) in [5.74, 6) is -1.16. The molecule has 1 aliphatic rings. The van der Waals surface area contributed by atoms with E-state index in [0.717, 1.165) is 18.9 Å². The van der Waals surface area contributed by atoms with Crippen molar-refractivity contribution in [2.24, 2.45) is 0 Å². The van der Waals surface area contributed by atoms with Crippen molar-refractivity contribution in [1.29, 1.82) is 0 Å². The monoisotopic (exact) mass is 248 g/mol. The molecule has 1 aliphatic carbocycles. The summed E-state index contributed by atoms with van der Waals surface area (Å²) in [5, 5.41) is 2.27. The van der Waals surface area contributed by atoms with Crippen LogP contribution in [0.15, 0.2) is 6.07 Å². The van der Waals surface area contributed by atoms with Crippen LogP contribution in [0.1, 0.15) is 23.2 Å². The number of nitrogens with one attached hydrogen (secondary N) is 1. The second-order valence-electron chi connectivity index (χ2n) is 3.35. The maximum absolute atomic E-state index is 13.0. The molecule has 0 spiro atoms. The molecule has 1 amide bonds. The molecule has 0 atom stereocenters. The van der Waals surface area contributed by atoms with Gasteiger partial charge >= 0.3 is 0 Å². The maximum atomic E-state index is 13.0. The molecule has 6 heteroatoms. The summed E-state index contributed by atoms with van der Waals surface area (Å²) in [4.78, 5) is 15.1. The zero-order chi connectivity index (χ0) is 11.0. The van der Waals surface area contributed by atoms with E-state index in [1.807, 2.05) is 0 Å². The Morgan fingerprint density at radius 3 is 2.73 bits per heavy atom. The fourth-order valence-corrected chi connectivity index (χ4v) is 1.50. The Kier molecular flexibility index (Phi) is 2.80. The highest BCUT2D eigenvalue weighted by molar-refractivity contribution is 6.34. The van der Waals surface area contributed by atoms with Crippen molar-refractivity contribution < 1.29 is 9.18 Å². The molecule has 2 rings (SSSR count). The van der Waals surface area contributed by atoms with Gasteiger partial charge in [0.15, 0.2) is 11.0 Å². The van der Waals surface area contributed by atoms with Gasteiger partial charge in [-0.2, -0.15) is 0 Å². The molecule has 1 N–H and O–H groups in total. The molecule has 0 saturated heterocycles. The van der Waals surface area contributed by atoms with Crippen LogP contribution >= 0.6 is 23.2 Å². The minimum absolute atomic E-state index is 0.0190. The average Bonchev–Trinajstić information content (AvgIpc) is 2.95. The van der Waals surface area contributed by atoms with Crippen LogP contribution in [-0.4, -0.2) is 16.9 Å². The third-order valence-electron chi connectivity index (χ3n) is 2.04. The molecule has 15 heavy (non-hydrogen) atoms. The molecular weight excluding hydrogens is 242 g/mol. The molecule has 0 bridgehead atoms. The molecule has 0 aromatic carbocycles. The van der Waals surface area contributed by atoms with Crippen LogP contribution in [-0.2, 0) is 0 Å². The largest absolute Gasteiger partial charge is 0.349 e. The molecule has 1 aromatic rings. The van der Waals surface area contributed by atoms with Crippen molar-refractivity contribution >= 4 is 29.1 Å². The van der Waals surface area contributed by atoms with Gasteiger partial charge in [-0.3, -0.25) is 4.79 Å². The van der Waals surface area contributed by atoms with Crippen LogP contribution in [0, 0.1) is 5.82 Å². The Balaban J connectivity index is 2.25. The van der Waals surface area contributed by atoms with Gasteiger partial charge < -0.3 is 5.32 Å². The molecule has 0 aliphatic heterocycles. The van der Waals surface area contributed by atoms with Gasteiger partial charge in [-0.25, -0.2) is 9.37 Å². The van der Waals surface area contributed by atoms with E-state index in [0.29, 0.717) is 0 Å². The van der Waals surface area contributed by atoms with Crippen molar-refractivity contribution in [3.63, 3.8) is 0 Å². The molecule has 80 valence electrons. The Labute approximate surface area is 95.6 Å². The van der Waals surface area contributed by atoms with E-state index in [4.69, 9.17) is 23.2 Å². The quantitative estimate of drug-likeness (QED) is 0.818. The number of carbonyl (C=O) groups excluding carboxylic acids is 1. The zero-order valence-electron chi connectivity index (χ0n) is 7.56. The number of rotatable bonds is 2. The smallest absolute Gasteiger partial charge is 0.254 e. The fraction of sp³-hybridized carbons (Fsp3) is 0.333. The number of halogens is 3. The van der Waals surface area contributed by atoms with Gasteiger partial charge in [0.2, 0.25) is 0 Å².